The summed E-state index contributed by atoms with van der Waals surface area (Å²) in [5, 5.41) is 11.6. The summed E-state index contributed by atoms with van der Waals surface area (Å²) in [5.41, 5.74) is 1.19. The van der Waals surface area contributed by atoms with Crippen molar-refractivity contribution >= 4 is 11.9 Å². The molecule has 2 rings (SSSR count). The molecule has 2 aromatic rings. The summed E-state index contributed by atoms with van der Waals surface area (Å²) in [7, 11) is 1.54. The number of carboxylic acids is 1. The van der Waals surface area contributed by atoms with Crippen molar-refractivity contribution in [2.45, 2.75) is 6.42 Å². The van der Waals surface area contributed by atoms with Crippen LogP contribution in [-0.4, -0.2) is 37.2 Å². The van der Waals surface area contributed by atoms with Crippen LogP contribution in [0.4, 0.5) is 0 Å². The zero-order valence-electron chi connectivity index (χ0n) is 13.3. The van der Waals surface area contributed by atoms with Gasteiger partial charge in [-0.25, -0.2) is 4.79 Å². The molecule has 0 unspecified atom stereocenters. The highest BCUT2D eigenvalue weighted by Gasteiger charge is 2.07. The van der Waals surface area contributed by atoms with Gasteiger partial charge in [0.15, 0.2) is 18.1 Å². The minimum absolute atomic E-state index is 0.0989. The first-order valence-electron chi connectivity index (χ1n) is 7.45. The predicted octanol–water partition coefficient (Wildman–Crippen LogP) is 2.13. The van der Waals surface area contributed by atoms with Gasteiger partial charge < -0.3 is 19.9 Å². The molecule has 0 bridgehead atoms. The molecule has 0 atom stereocenters. The summed E-state index contributed by atoms with van der Waals surface area (Å²) < 4.78 is 10.6. The molecule has 126 valence electrons. The number of aromatic carboxylic acids is 1. The number of carbonyl (C=O) groups is 2. The van der Waals surface area contributed by atoms with Gasteiger partial charge in [0, 0.05) is 6.54 Å². The molecular formula is C18H19NO5. The van der Waals surface area contributed by atoms with Crippen molar-refractivity contribution in [3.63, 3.8) is 0 Å². The topological polar surface area (TPSA) is 84.9 Å². The Kier molecular flexibility index (Phi) is 6.19. The van der Waals surface area contributed by atoms with Gasteiger partial charge in [0.25, 0.3) is 5.91 Å². The van der Waals surface area contributed by atoms with Gasteiger partial charge in [-0.15, -0.1) is 0 Å². The van der Waals surface area contributed by atoms with Crippen LogP contribution in [0.1, 0.15) is 15.9 Å². The molecule has 0 fully saturated rings. The highest BCUT2D eigenvalue weighted by Crippen LogP contribution is 2.25. The number of amides is 1. The lowest BCUT2D eigenvalue weighted by molar-refractivity contribution is -0.123. The van der Waals surface area contributed by atoms with Crippen molar-refractivity contribution in [2.75, 3.05) is 20.3 Å². The molecule has 0 aliphatic heterocycles. The molecule has 0 radical (unpaired) electrons. The first-order valence-corrected chi connectivity index (χ1v) is 7.45. The van der Waals surface area contributed by atoms with Crippen LogP contribution in [0.5, 0.6) is 11.5 Å². The Morgan fingerprint density at radius 2 is 1.71 bits per heavy atom. The van der Waals surface area contributed by atoms with E-state index in [4.69, 9.17) is 14.6 Å². The summed E-state index contributed by atoms with van der Waals surface area (Å²) >= 11 is 0. The molecule has 0 aliphatic carbocycles. The molecule has 0 saturated heterocycles. The van der Waals surface area contributed by atoms with Crippen molar-refractivity contribution in [2.24, 2.45) is 0 Å². The molecule has 0 saturated carbocycles. The number of hydrogen-bond acceptors (Lipinski definition) is 4. The number of rotatable bonds is 8. The lowest BCUT2D eigenvalue weighted by Crippen LogP contribution is -2.30. The number of methoxy groups -OCH3 is 1. The van der Waals surface area contributed by atoms with Crippen molar-refractivity contribution < 1.29 is 24.2 Å². The average Bonchev–Trinajstić information content (AvgIpc) is 2.60. The molecule has 0 aromatic heterocycles. The third-order valence-electron chi connectivity index (χ3n) is 3.36. The van der Waals surface area contributed by atoms with Crippen LogP contribution >= 0.6 is 0 Å². The molecule has 6 heteroatoms. The molecular weight excluding hydrogens is 310 g/mol. The van der Waals surface area contributed by atoms with Crippen molar-refractivity contribution in [1.29, 1.82) is 0 Å². The average molecular weight is 329 g/mol. The largest absolute Gasteiger partial charge is 0.493 e. The Hall–Kier alpha value is -3.02. The normalized spacial score (nSPS) is 10.0. The summed E-state index contributed by atoms with van der Waals surface area (Å²) in [6.07, 6.45) is 0.611. The van der Waals surface area contributed by atoms with Gasteiger partial charge in [-0.1, -0.05) is 24.3 Å². The van der Waals surface area contributed by atoms with Crippen molar-refractivity contribution in [1.82, 2.24) is 5.32 Å². The van der Waals surface area contributed by atoms with Crippen LogP contribution in [0.15, 0.2) is 48.5 Å². The second kappa shape index (κ2) is 8.57. The Bertz CT molecular complexity index is 697. The highest BCUT2D eigenvalue weighted by atomic mass is 16.5. The van der Waals surface area contributed by atoms with E-state index in [-0.39, 0.29) is 18.1 Å². The van der Waals surface area contributed by atoms with Gasteiger partial charge >= 0.3 is 5.97 Å². The second-order valence-corrected chi connectivity index (χ2v) is 5.04. The van der Waals surface area contributed by atoms with Crippen LogP contribution in [0.3, 0.4) is 0 Å². The molecule has 0 spiro atoms. The fourth-order valence-corrected chi connectivity index (χ4v) is 2.09. The number of benzene rings is 2. The molecule has 24 heavy (non-hydrogen) atoms. The number of carboxylic acid groups (broad SMARTS) is 1. The minimum atomic E-state index is -0.955. The minimum Gasteiger partial charge on any atom is -0.493 e. The Labute approximate surface area is 140 Å². The van der Waals surface area contributed by atoms with E-state index in [2.05, 4.69) is 5.32 Å². The molecule has 6 nitrogen and oxygen atoms in total. The lowest BCUT2D eigenvalue weighted by atomic mass is 10.1. The van der Waals surface area contributed by atoms with Crippen LogP contribution in [0, 0.1) is 0 Å². The summed E-state index contributed by atoms with van der Waals surface area (Å²) in [5.74, 6) is -0.102. The molecule has 2 N–H and O–H groups in total. The zero-order chi connectivity index (χ0) is 17.4. The van der Waals surface area contributed by atoms with E-state index in [0.717, 1.165) is 5.56 Å². The van der Waals surface area contributed by atoms with E-state index >= 15 is 0 Å². The molecule has 1 amide bonds. The predicted molar refractivity (Wildman–Crippen MR) is 88.6 cm³/mol. The van der Waals surface area contributed by atoms with Crippen LogP contribution < -0.4 is 14.8 Å². The van der Waals surface area contributed by atoms with Gasteiger partial charge in [0.05, 0.1) is 12.7 Å². The van der Waals surface area contributed by atoms with E-state index in [1.807, 2.05) is 6.07 Å². The maximum absolute atomic E-state index is 11.8. The summed E-state index contributed by atoms with van der Waals surface area (Å²) in [4.78, 5) is 22.6. The lowest BCUT2D eigenvalue weighted by Gasteiger charge is -2.10. The van der Waals surface area contributed by atoms with E-state index in [1.54, 1.807) is 42.5 Å². The fourth-order valence-electron chi connectivity index (χ4n) is 2.09. The smallest absolute Gasteiger partial charge is 0.335 e. The Morgan fingerprint density at radius 1 is 1.04 bits per heavy atom. The maximum Gasteiger partial charge on any atom is 0.335 e. The van der Waals surface area contributed by atoms with E-state index in [0.29, 0.717) is 24.5 Å². The number of ether oxygens (including phenoxy) is 2. The Balaban J connectivity index is 1.74. The maximum atomic E-state index is 11.8. The first-order chi connectivity index (χ1) is 11.6. The molecule has 0 heterocycles. The van der Waals surface area contributed by atoms with Gasteiger partial charge in [0.1, 0.15) is 0 Å². The SMILES string of the molecule is COc1ccccc1OCC(=O)NCCc1ccc(C(=O)O)cc1. The molecule has 0 aliphatic rings. The number of hydrogen-bond donors (Lipinski definition) is 2. The third-order valence-corrected chi connectivity index (χ3v) is 3.36. The number of carbonyl (C=O) groups excluding carboxylic acids is 1. The van der Waals surface area contributed by atoms with Crippen molar-refractivity contribution in [3.05, 3.63) is 59.7 Å². The number of para-hydroxylation sites is 2. The monoisotopic (exact) mass is 329 g/mol. The fraction of sp³-hybridized carbons (Fsp3) is 0.222. The second-order valence-electron chi connectivity index (χ2n) is 5.04. The molecule has 2 aromatic carbocycles. The van der Waals surface area contributed by atoms with Crippen LogP contribution in [0.2, 0.25) is 0 Å². The van der Waals surface area contributed by atoms with Gasteiger partial charge in [-0.3, -0.25) is 4.79 Å². The van der Waals surface area contributed by atoms with Crippen molar-refractivity contribution in [3.8, 4) is 11.5 Å². The summed E-state index contributed by atoms with van der Waals surface area (Å²) in [6.45, 7) is 0.346. The summed E-state index contributed by atoms with van der Waals surface area (Å²) in [6, 6.07) is 13.7. The third kappa shape index (κ3) is 5.01. The van der Waals surface area contributed by atoms with Gasteiger partial charge in [-0.2, -0.15) is 0 Å². The van der Waals surface area contributed by atoms with E-state index in [1.165, 1.54) is 7.11 Å². The highest BCUT2D eigenvalue weighted by molar-refractivity contribution is 5.87. The Morgan fingerprint density at radius 3 is 2.33 bits per heavy atom. The zero-order valence-corrected chi connectivity index (χ0v) is 13.3. The van der Waals surface area contributed by atoms with Gasteiger partial charge in [-0.05, 0) is 36.2 Å². The van der Waals surface area contributed by atoms with Crippen LogP contribution in [-0.2, 0) is 11.2 Å². The number of nitrogens with one attached hydrogen (secondary N) is 1. The van der Waals surface area contributed by atoms with E-state index < -0.39 is 5.97 Å². The van der Waals surface area contributed by atoms with Gasteiger partial charge in [0.2, 0.25) is 0 Å². The van der Waals surface area contributed by atoms with Crippen LogP contribution in [0.25, 0.3) is 0 Å². The first kappa shape index (κ1) is 17.3. The standard InChI is InChI=1S/C18H19NO5/c1-23-15-4-2-3-5-16(15)24-12-17(20)19-11-10-13-6-8-14(9-7-13)18(21)22/h2-9H,10-12H2,1H3,(H,19,20)(H,21,22). The quantitative estimate of drug-likeness (QED) is 0.775. The van der Waals surface area contributed by atoms with E-state index in [9.17, 15) is 9.59 Å².